The number of fused-ring (bicyclic) bond motifs is 3. The number of nitrogens with zero attached hydrogens (tertiary/aromatic N) is 1. The fourth-order valence-corrected chi connectivity index (χ4v) is 3.54. The fourth-order valence-electron chi connectivity index (χ4n) is 3.54. The molecule has 5 aromatic rings. The van der Waals surface area contributed by atoms with Crippen molar-refractivity contribution in [2.24, 2.45) is 0 Å². The molecule has 25 heavy (non-hydrogen) atoms. The van der Waals surface area contributed by atoms with E-state index in [9.17, 15) is 5.11 Å². The summed E-state index contributed by atoms with van der Waals surface area (Å²) >= 11 is 0. The van der Waals surface area contributed by atoms with Gasteiger partial charge in [-0.25, -0.2) is 4.98 Å². The monoisotopic (exact) mass is 321 g/mol. The number of aromatic hydroxyl groups is 1. The first kappa shape index (κ1) is 14.0. The Morgan fingerprint density at radius 2 is 1.40 bits per heavy atom. The predicted molar refractivity (Wildman–Crippen MR) is 104 cm³/mol. The number of para-hydroxylation sites is 1. The molecular formula is C23H15NO. The first-order chi connectivity index (χ1) is 12.3. The third kappa shape index (κ3) is 2.23. The van der Waals surface area contributed by atoms with E-state index < -0.39 is 0 Å². The zero-order valence-corrected chi connectivity index (χ0v) is 13.5. The molecule has 0 aliphatic rings. The average molecular weight is 321 g/mol. The van der Waals surface area contributed by atoms with Crippen LogP contribution in [0.1, 0.15) is 0 Å². The number of aromatic nitrogens is 1. The minimum atomic E-state index is 0.279. The van der Waals surface area contributed by atoms with Gasteiger partial charge in [-0.3, -0.25) is 0 Å². The molecule has 0 radical (unpaired) electrons. The minimum Gasteiger partial charge on any atom is -0.508 e. The van der Waals surface area contributed by atoms with Crippen LogP contribution in [0, 0.1) is 0 Å². The summed E-state index contributed by atoms with van der Waals surface area (Å²) in [6.07, 6.45) is 0. The van der Waals surface area contributed by atoms with Crippen molar-refractivity contribution in [1.82, 2.24) is 4.98 Å². The van der Waals surface area contributed by atoms with Gasteiger partial charge in [-0.1, -0.05) is 54.6 Å². The quantitative estimate of drug-likeness (QED) is 0.389. The SMILES string of the molecule is Oc1ccc2cc3nc4ccccc4c(-c4ccccc4)c3cc2c1. The van der Waals surface area contributed by atoms with Crippen LogP contribution in [0.4, 0.5) is 0 Å². The first-order valence-corrected chi connectivity index (χ1v) is 8.30. The Hall–Kier alpha value is -3.39. The molecule has 0 aliphatic heterocycles. The molecule has 2 nitrogen and oxygen atoms in total. The molecule has 0 unspecified atom stereocenters. The number of hydrogen-bond donors (Lipinski definition) is 1. The second-order valence-electron chi connectivity index (χ2n) is 6.27. The lowest BCUT2D eigenvalue weighted by Gasteiger charge is -2.12. The van der Waals surface area contributed by atoms with Gasteiger partial charge in [0.25, 0.3) is 0 Å². The van der Waals surface area contributed by atoms with Crippen molar-refractivity contribution in [1.29, 1.82) is 0 Å². The van der Waals surface area contributed by atoms with E-state index in [2.05, 4.69) is 54.6 Å². The van der Waals surface area contributed by atoms with Gasteiger partial charge in [-0.05, 0) is 46.7 Å². The van der Waals surface area contributed by atoms with Gasteiger partial charge in [-0.15, -0.1) is 0 Å². The van der Waals surface area contributed by atoms with Crippen LogP contribution < -0.4 is 0 Å². The molecule has 0 saturated heterocycles. The first-order valence-electron chi connectivity index (χ1n) is 8.30. The highest BCUT2D eigenvalue weighted by Gasteiger charge is 2.12. The maximum atomic E-state index is 9.84. The second-order valence-corrected chi connectivity index (χ2v) is 6.27. The van der Waals surface area contributed by atoms with Gasteiger partial charge in [0.05, 0.1) is 11.0 Å². The molecule has 0 aliphatic carbocycles. The molecule has 1 N–H and O–H groups in total. The summed E-state index contributed by atoms with van der Waals surface area (Å²) in [5, 5.41) is 14.2. The Kier molecular flexibility index (Phi) is 2.98. The lowest BCUT2D eigenvalue weighted by atomic mass is 9.94. The molecular weight excluding hydrogens is 306 g/mol. The van der Waals surface area contributed by atoms with Crippen LogP contribution in [0.2, 0.25) is 0 Å². The topological polar surface area (TPSA) is 33.1 Å². The minimum absolute atomic E-state index is 0.279. The maximum Gasteiger partial charge on any atom is 0.116 e. The smallest absolute Gasteiger partial charge is 0.116 e. The number of benzene rings is 4. The molecule has 0 amide bonds. The molecule has 2 heteroatoms. The fraction of sp³-hybridized carbons (Fsp3) is 0. The molecule has 1 aromatic heterocycles. The van der Waals surface area contributed by atoms with Crippen LogP contribution in [0.3, 0.4) is 0 Å². The van der Waals surface area contributed by atoms with Crippen molar-refractivity contribution in [2.75, 3.05) is 0 Å². The summed E-state index contributed by atoms with van der Waals surface area (Å²) in [5.41, 5.74) is 4.32. The van der Waals surface area contributed by atoms with E-state index in [1.54, 1.807) is 12.1 Å². The molecule has 0 saturated carbocycles. The van der Waals surface area contributed by atoms with Crippen LogP contribution in [0.25, 0.3) is 43.7 Å². The van der Waals surface area contributed by atoms with Crippen molar-refractivity contribution in [2.45, 2.75) is 0 Å². The zero-order chi connectivity index (χ0) is 16.8. The summed E-state index contributed by atoms with van der Waals surface area (Å²) in [7, 11) is 0. The van der Waals surface area contributed by atoms with Gasteiger partial charge in [-0.2, -0.15) is 0 Å². The Bertz CT molecular complexity index is 1240. The Labute approximate surface area is 145 Å². The molecule has 0 bridgehead atoms. The van der Waals surface area contributed by atoms with Gasteiger partial charge in [0.15, 0.2) is 0 Å². The lowest BCUT2D eigenvalue weighted by molar-refractivity contribution is 0.476. The maximum absolute atomic E-state index is 9.84. The van der Waals surface area contributed by atoms with Crippen LogP contribution in [0.5, 0.6) is 5.75 Å². The van der Waals surface area contributed by atoms with Crippen molar-refractivity contribution < 1.29 is 5.11 Å². The summed E-state index contributed by atoms with van der Waals surface area (Å²) in [5.74, 6) is 0.279. The van der Waals surface area contributed by atoms with E-state index in [-0.39, 0.29) is 5.75 Å². The largest absolute Gasteiger partial charge is 0.508 e. The summed E-state index contributed by atoms with van der Waals surface area (Å²) < 4.78 is 0. The van der Waals surface area contributed by atoms with Crippen LogP contribution in [-0.4, -0.2) is 10.1 Å². The summed E-state index contributed by atoms with van der Waals surface area (Å²) in [6, 6.07) is 28.4. The predicted octanol–water partition coefficient (Wildman–Crippen LogP) is 5.91. The molecule has 118 valence electrons. The molecule has 0 atom stereocenters. The molecule has 4 aromatic carbocycles. The van der Waals surface area contributed by atoms with Gasteiger partial charge < -0.3 is 5.11 Å². The normalized spacial score (nSPS) is 11.4. The standard InChI is InChI=1S/C23H15NO/c25-18-11-10-16-14-22-20(13-17(16)12-18)23(15-6-2-1-3-7-15)19-8-4-5-9-21(19)24-22/h1-14,25H. The van der Waals surface area contributed by atoms with Crippen LogP contribution in [0.15, 0.2) is 84.9 Å². The number of phenolic OH excluding ortho intramolecular Hbond substituents is 1. The highest BCUT2D eigenvalue weighted by atomic mass is 16.3. The Morgan fingerprint density at radius 1 is 0.600 bits per heavy atom. The third-order valence-corrected chi connectivity index (χ3v) is 4.68. The lowest BCUT2D eigenvalue weighted by Crippen LogP contribution is -1.89. The summed E-state index contributed by atoms with van der Waals surface area (Å²) in [6.45, 7) is 0. The number of phenols is 1. The van der Waals surface area contributed by atoms with E-state index >= 15 is 0 Å². The Morgan fingerprint density at radius 3 is 2.28 bits per heavy atom. The molecule has 0 fully saturated rings. The van der Waals surface area contributed by atoms with Gasteiger partial charge in [0, 0.05) is 16.3 Å². The molecule has 5 rings (SSSR count). The molecule has 1 heterocycles. The van der Waals surface area contributed by atoms with Crippen molar-refractivity contribution in [3.05, 3.63) is 84.9 Å². The van der Waals surface area contributed by atoms with E-state index in [4.69, 9.17) is 4.98 Å². The van der Waals surface area contributed by atoms with Crippen molar-refractivity contribution >= 4 is 32.6 Å². The highest BCUT2D eigenvalue weighted by Crippen LogP contribution is 2.36. The summed E-state index contributed by atoms with van der Waals surface area (Å²) in [4.78, 5) is 4.87. The third-order valence-electron chi connectivity index (χ3n) is 4.68. The van der Waals surface area contributed by atoms with Crippen LogP contribution >= 0.6 is 0 Å². The number of pyridine rings is 1. The highest BCUT2D eigenvalue weighted by molar-refractivity contribution is 6.12. The molecule has 0 spiro atoms. The van der Waals surface area contributed by atoms with E-state index in [0.717, 1.165) is 32.6 Å². The van der Waals surface area contributed by atoms with Gasteiger partial charge in [0.2, 0.25) is 0 Å². The second kappa shape index (κ2) is 5.32. The number of rotatable bonds is 1. The van der Waals surface area contributed by atoms with Crippen molar-refractivity contribution in [3.63, 3.8) is 0 Å². The zero-order valence-electron chi connectivity index (χ0n) is 13.5. The average Bonchev–Trinajstić information content (AvgIpc) is 2.65. The van der Waals surface area contributed by atoms with Gasteiger partial charge >= 0.3 is 0 Å². The van der Waals surface area contributed by atoms with E-state index in [1.165, 1.54) is 11.1 Å². The Balaban J connectivity index is 2.01. The van der Waals surface area contributed by atoms with E-state index in [1.807, 2.05) is 18.2 Å². The number of hydrogen-bond acceptors (Lipinski definition) is 2. The van der Waals surface area contributed by atoms with Crippen LogP contribution in [-0.2, 0) is 0 Å². The van der Waals surface area contributed by atoms with E-state index in [0.29, 0.717) is 0 Å². The van der Waals surface area contributed by atoms with Crippen molar-refractivity contribution in [3.8, 4) is 16.9 Å². The van der Waals surface area contributed by atoms with Gasteiger partial charge in [0.1, 0.15) is 5.75 Å².